The van der Waals surface area contributed by atoms with E-state index in [1.54, 1.807) is 12.1 Å². The first kappa shape index (κ1) is 15.2. The van der Waals surface area contributed by atoms with E-state index in [1.165, 1.54) is 4.40 Å². The second-order valence-electron chi connectivity index (χ2n) is 5.30. The Balaban J connectivity index is 2.05. The molecular formula is C16H11BrClN5O. The minimum absolute atomic E-state index is 0.298. The minimum atomic E-state index is -0.346. The van der Waals surface area contributed by atoms with E-state index in [4.69, 9.17) is 11.6 Å². The van der Waals surface area contributed by atoms with Crippen molar-refractivity contribution in [2.75, 3.05) is 11.9 Å². The van der Waals surface area contributed by atoms with Crippen molar-refractivity contribution >= 4 is 55.7 Å². The van der Waals surface area contributed by atoms with Gasteiger partial charge in [-0.1, -0.05) is 33.6 Å². The molecule has 120 valence electrons. The zero-order valence-electron chi connectivity index (χ0n) is 12.5. The first-order valence-corrected chi connectivity index (χ1v) is 8.27. The summed E-state index contributed by atoms with van der Waals surface area (Å²) in [5.74, 6) is 0.984. The van der Waals surface area contributed by atoms with Gasteiger partial charge in [-0.2, -0.15) is 4.98 Å². The fraction of sp³-hybridized carbons (Fsp3) is 0.0625. The number of nitrogens with zero attached hydrogens (tertiary/aromatic N) is 4. The first-order valence-electron chi connectivity index (χ1n) is 7.10. The molecule has 0 atom stereocenters. The van der Waals surface area contributed by atoms with Crippen molar-refractivity contribution in [2.24, 2.45) is 0 Å². The number of benzene rings is 2. The van der Waals surface area contributed by atoms with Gasteiger partial charge >= 0.3 is 5.69 Å². The van der Waals surface area contributed by atoms with Gasteiger partial charge in [0.15, 0.2) is 0 Å². The highest BCUT2D eigenvalue weighted by molar-refractivity contribution is 9.10. The number of aromatic nitrogens is 4. The Bertz CT molecular complexity index is 1140. The van der Waals surface area contributed by atoms with Gasteiger partial charge in [-0.15, -0.1) is 5.10 Å². The number of aromatic amines is 1. The third-order valence-electron chi connectivity index (χ3n) is 3.82. The predicted molar refractivity (Wildman–Crippen MR) is 98.3 cm³/mol. The number of hydrogen-bond acceptors (Lipinski definition) is 4. The van der Waals surface area contributed by atoms with Crippen LogP contribution in [0, 0.1) is 0 Å². The van der Waals surface area contributed by atoms with Crippen molar-refractivity contribution in [1.29, 1.82) is 0 Å². The average Bonchev–Trinajstić information content (AvgIpc) is 2.94. The minimum Gasteiger partial charge on any atom is -0.329 e. The largest absolute Gasteiger partial charge is 0.349 e. The molecule has 0 bridgehead atoms. The molecule has 0 unspecified atom stereocenters. The van der Waals surface area contributed by atoms with E-state index in [9.17, 15) is 4.79 Å². The van der Waals surface area contributed by atoms with Gasteiger partial charge < -0.3 is 4.90 Å². The normalized spacial score (nSPS) is 11.3. The summed E-state index contributed by atoms with van der Waals surface area (Å²) >= 11 is 9.60. The molecule has 0 fully saturated rings. The van der Waals surface area contributed by atoms with Crippen molar-refractivity contribution < 1.29 is 0 Å². The highest BCUT2D eigenvalue weighted by Gasteiger charge is 2.16. The predicted octanol–water partition coefficient (Wildman–Crippen LogP) is 3.75. The molecule has 0 saturated carbocycles. The lowest BCUT2D eigenvalue weighted by Crippen LogP contribution is -2.15. The number of fused-ring (bicyclic) bond motifs is 3. The summed E-state index contributed by atoms with van der Waals surface area (Å²) in [4.78, 5) is 18.5. The van der Waals surface area contributed by atoms with Crippen LogP contribution in [0.1, 0.15) is 0 Å². The molecule has 2 heterocycles. The standard InChI is InChI=1S/C16H11BrClN5O/c1-22(11-4-2-3-9(17)7-11)14-12-6-5-10(18)8-13(12)23-15(19-14)20-21-16(23)24/h2-8H,1H3,(H,21,24). The van der Waals surface area contributed by atoms with E-state index in [0.29, 0.717) is 22.1 Å². The number of halogens is 2. The maximum Gasteiger partial charge on any atom is 0.349 e. The van der Waals surface area contributed by atoms with Crippen molar-refractivity contribution in [1.82, 2.24) is 19.6 Å². The molecular weight excluding hydrogens is 394 g/mol. The quantitative estimate of drug-likeness (QED) is 0.552. The van der Waals surface area contributed by atoms with E-state index >= 15 is 0 Å². The van der Waals surface area contributed by atoms with E-state index in [0.717, 1.165) is 15.5 Å². The molecule has 1 N–H and O–H groups in total. The summed E-state index contributed by atoms with van der Waals surface area (Å²) in [6, 6.07) is 13.2. The highest BCUT2D eigenvalue weighted by atomic mass is 79.9. The van der Waals surface area contributed by atoms with Crippen molar-refractivity contribution in [2.45, 2.75) is 0 Å². The van der Waals surface area contributed by atoms with Gasteiger partial charge in [-0.3, -0.25) is 0 Å². The molecule has 4 aromatic rings. The molecule has 0 radical (unpaired) electrons. The smallest absolute Gasteiger partial charge is 0.329 e. The van der Waals surface area contributed by atoms with Gasteiger partial charge in [-0.05, 0) is 36.4 Å². The van der Waals surface area contributed by atoms with Crippen LogP contribution < -0.4 is 10.6 Å². The molecule has 0 aliphatic rings. The van der Waals surface area contributed by atoms with Crippen LogP contribution >= 0.6 is 27.5 Å². The lowest BCUT2D eigenvalue weighted by atomic mass is 10.2. The van der Waals surface area contributed by atoms with E-state index in [1.807, 2.05) is 42.3 Å². The Kier molecular flexibility index (Phi) is 3.54. The number of nitrogens with one attached hydrogen (secondary N) is 1. The number of H-pyrrole nitrogens is 1. The second-order valence-corrected chi connectivity index (χ2v) is 6.65. The lowest BCUT2D eigenvalue weighted by Gasteiger charge is -2.20. The molecule has 24 heavy (non-hydrogen) atoms. The second kappa shape index (κ2) is 5.61. The van der Waals surface area contributed by atoms with Gasteiger partial charge in [0.05, 0.1) is 5.52 Å². The third-order valence-corrected chi connectivity index (χ3v) is 4.54. The first-order chi connectivity index (χ1) is 11.5. The molecule has 0 spiro atoms. The molecule has 0 saturated heterocycles. The van der Waals surface area contributed by atoms with Gasteiger partial charge in [0.25, 0.3) is 5.78 Å². The molecule has 0 amide bonds. The SMILES string of the molecule is CN(c1cccc(Br)c1)c1nc2n[nH]c(=O)n2c2cc(Cl)ccc12. The zero-order chi connectivity index (χ0) is 16.8. The fourth-order valence-corrected chi connectivity index (χ4v) is 3.23. The van der Waals surface area contributed by atoms with Gasteiger partial charge in [-0.25, -0.2) is 14.3 Å². The molecule has 8 heteroatoms. The Labute approximate surface area is 149 Å². The van der Waals surface area contributed by atoms with Crippen LogP contribution in [0.2, 0.25) is 5.02 Å². The Morgan fingerprint density at radius 2 is 2.08 bits per heavy atom. The maximum atomic E-state index is 12.0. The van der Waals surface area contributed by atoms with E-state index in [-0.39, 0.29) is 5.69 Å². The Hall–Kier alpha value is -2.38. The molecule has 6 nitrogen and oxygen atoms in total. The van der Waals surface area contributed by atoms with Crippen molar-refractivity contribution in [3.05, 3.63) is 62.4 Å². The number of hydrogen-bond donors (Lipinski definition) is 1. The van der Waals surface area contributed by atoms with Gasteiger partial charge in [0.2, 0.25) is 0 Å². The van der Waals surface area contributed by atoms with Gasteiger partial charge in [0.1, 0.15) is 5.82 Å². The van der Waals surface area contributed by atoms with Crippen LogP contribution in [0.5, 0.6) is 0 Å². The Morgan fingerprint density at radius 1 is 1.25 bits per heavy atom. The van der Waals surface area contributed by atoms with Gasteiger partial charge in [0, 0.05) is 27.6 Å². The number of anilines is 2. The fourth-order valence-electron chi connectivity index (χ4n) is 2.68. The molecule has 0 aliphatic carbocycles. The molecule has 2 aromatic carbocycles. The van der Waals surface area contributed by atoms with Crippen LogP contribution in [0.3, 0.4) is 0 Å². The van der Waals surface area contributed by atoms with Crippen LogP contribution in [0.15, 0.2) is 51.7 Å². The van der Waals surface area contributed by atoms with Crippen molar-refractivity contribution in [3.8, 4) is 0 Å². The van der Waals surface area contributed by atoms with E-state index < -0.39 is 0 Å². The average molecular weight is 405 g/mol. The van der Waals surface area contributed by atoms with Crippen LogP contribution in [0.4, 0.5) is 11.5 Å². The van der Waals surface area contributed by atoms with Crippen LogP contribution in [-0.2, 0) is 0 Å². The monoisotopic (exact) mass is 403 g/mol. The van der Waals surface area contributed by atoms with Crippen LogP contribution in [0.25, 0.3) is 16.7 Å². The lowest BCUT2D eigenvalue weighted by molar-refractivity contribution is 1.04. The van der Waals surface area contributed by atoms with E-state index in [2.05, 4.69) is 31.1 Å². The summed E-state index contributed by atoms with van der Waals surface area (Å²) in [7, 11) is 1.92. The van der Waals surface area contributed by atoms with Crippen LogP contribution in [-0.4, -0.2) is 26.6 Å². The summed E-state index contributed by atoms with van der Waals surface area (Å²) in [5.41, 5.74) is 1.26. The molecule has 0 aliphatic heterocycles. The summed E-state index contributed by atoms with van der Waals surface area (Å²) in [5, 5.41) is 7.76. The Morgan fingerprint density at radius 3 is 2.88 bits per heavy atom. The summed E-state index contributed by atoms with van der Waals surface area (Å²) < 4.78 is 2.38. The molecule has 2 aromatic heterocycles. The highest BCUT2D eigenvalue weighted by Crippen LogP contribution is 2.31. The van der Waals surface area contributed by atoms with Crippen molar-refractivity contribution in [3.63, 3.8) is 0 Å². The summed E-state index contributed by atoms with van der Waals surface area (Å²) in [6.45, 7) is 0. The summed E-state index contributed by atoms with van der Waals surface area (Å²) in [6.07, 6.45) is 0. The number of rotatable bonds is 2. The zero-order valence-corrected chi connectivity index (χ0v) is 14.8. The maximum absolute atomic E-state index is 12.0. The third kappa shape index (κ3) is 2.37. The molecule has 4 rings (SSSR count). The topological polar surface area (TPSA) is 66.3 Å².